The van der Waals surface area contributed by atoms with Crippen molar-refractivity contribution in [2.75, 3.05) is 11.5 Å². The summed E-state index contributed by atoms with van der Waals surface area (Å²) < 4.78 is 0. The molecule has 0 amide bonds. The lowest BCUT2D eigenvalue weighted by atomic mass is 9.98. The zero-order valence-electron chi connectivity index (χ0n) is 9.14. The van der Waals surface area contributed by atoms with Crippen molar-refractivity contribution >= 4 is 11.4 Å². The highest BCUT2D eigenvalue weighted by molar-refractivity contribution is 5.66. The third-order valence-electron chi connectivity index (χ3n) is 2.44. The van der Waals surface area contributed by atoms with Crippen LogP contribution in [0.5, 0.6) is 0 Å². The normalized spacial score (nSPS) is 10.4. The lowest BCUT2D eigenvalue weighted by Crippen LogP contribution is -2.01. The first kappa shape index (κ1) is 10.9. The van der Waals surface area contributed by atoms with E-state index in [2.05, 4.69) is 13.8 Å². The van der Waals surface area contributed by atoms with Crippen LogP contribution in [0.15, 0.2) is 12.1 Å². The van der Waals surface area contributed by atoms with Gasteiger partial charge in [0.25, 0.3) is 0 Å². The van der Waals surface area contributed by atoms with Crippen molar-refractivity contribution in [1.29, 1.82) is 0 Å². The molecular formula is C12H20N2. The Morgan fingerprint density at radius 3 is 1.50 bits per heavy atom. The van der Waals surface area contributed by atoms with Gasteiger partial charge < -0.3 is 11.5 Å². The van der Waals surface area contributed by atoms with Crippen molar-refractivity contribution in [2.45, 2.75) is 39.5 Å². The van der Waals surface area contributed by atoms with Crippen molar-refractivity contribution in [3.05, 3.63) is 23.3 Å². The predicted molar refractivity (Wildman–Crippen MR) is 63.3 cm³/mol. The van der Waals surface area contributed by atoms with Gasteiger partial charge in [-0.15, -0.1) is 0 Å². The molecule has 14 heavy (non-hydrogen) atoms. The Kier molecular flexibility index (Phi) is 3.81. The standard InChI is InChI=1S/C12H20N2/c1-3-5-9-7-11(13)12(14)8-10(9)6-4-2/h7-8H,3-6,13-14H2,1-2H3. The summed E-state index contributed by atoms with van der Waals surface area (Å²) in [6.45, 7) is 4.37. The van der Waals surface area contributed by atoms with E-state index < -0.39 is 0 Å². The number of nitrogens with two attached hydrogens (primary N) is 2. The molecule has 0 fully saturated rings. The molecular weight excluding hydrogens is 172 g/mol. The van der Waals surface area contributed by atoms with Gasteiger partial charge in [-0.2, -0.15) is 0 Å². The van der Waals surface area contributed by atoms with Crippen LogP contribution in [0.4, 0.5) is 11.4 Å². The fourth-order valence-corrected chi connectivity index (χ4v) is 1.73. The fourth-order valence-electron chi connectivity index (χ4n) is 1.73. The van der Waals surface area contributed by atoms with Gasteiger partial charge in [0.15, 0.2) is 0 Å². The Hall–Kier alpha value is -1.18. The summed E-state index contributed by atoms with van der Waals surface area (Å²) in [5.74, 6) is 0. The van der Waals surface area contributed by atoms with E-state index in [-0.39, 0.29) is 0 Å². The molecule has 1 aromatic carbocycles. The predicted octanol–water partition coefficient (Wildman–Crippen LogP) is 2.76. The minimum atomic E-state index is 0.716. The average molecular weight is 192 g/mol. The molecule has 0 radical (unpaired) electrons. The Morgan fingerprint density at radius 2 is 1.21 bits per heavy atom. The molecule has 0 aliphatic heterocycles. The van der Waals surface area contributed by atoms with Crippen LogP contribution in [0.3, 0.4) is 0 Å². The number of hydrogen-bond donors (Lipinski definition) is 2. The SMILES string of the molecule is CCCc1cc(N)c(N)cc1CCC. The second-order valence-electron chi connectivity index (χ2n) is 3.75. The third kappa shape index (κ3) is 2.41. The van der Waals surface area contributed by atoms with Crippen molar-refractivity contribution in [2.24, 2.45) is 0 Å². The van der Waals surface area contributed by atoms with E-state index in [0.717, 1.165) is 25.7 Å². The number of nitrogen functional groups attached to an aromatic ring is 2. The van der Waals surface area contributed by atoms with E-state index >= 15 is 0 Å². The first-order valence-electron chi connectivity index (χ1n) is 5.35. The van der Waals surface area contributed by atoms with Crippen LogP contribution in [0.25, 0.3) is 0 Å². The molecule has 1 rings (SSSR count). The van der Waals surface area contributed by atoms with Crippen molar-refractivity contribution in [3.63, 3.8) is 0 Å². The van der Waals surface area contributed by atoms with E-state index in [0.29, 0.717) is 11.4 Å². The highest BCUT2D eigenvalue weighted by Gasteiger charge is 2.04. The first-order valence-corrected chi connectivity index (χ1v) is 5.35. The van der Waals surface area contributed by atoms with E-state index in [1.807, 2.05) is 12.1 Å². The Morgan fingerprint density at radius 1 is 0.857 bits per heavy atom. The zero-order valence-corrected chi connectivity index (χ0v) is 9.14. The summed E-state index contributed by atoms with van der Waals surface area (Å²) in [6, 6.07) is 4.06. The van der Waals surface area contributed by atoms with E-state index in [1.165, 1.54) is 11.1 Å². The van der Waals surface area contributed by atoms with Gasteiger partial charge in [0.1, 0.15) is 0 Å². The molecule has 0 saturated carbocycles. The maximum Gasteiger partial charge on any atom is 0.0550 e. The second-order valence-corrected chi connectivity index (χ2v) is 3.75. The largest absolute Gasteiger partial charge is 0.397 e. The summed E-state index contributed by atoms with van der Waals surface area (Å²) >= 11 is 0. The minimum absolute atomic E-state index is 0.716. The van der Waals surface area contributed by atoms with Crippen LogP contribution in [-0.2, 0) is 12.8 Å². The van der Waals surface area contributed by atoms with E-state index in [9.17, 15) is 0 Å². The van der Waals surface area contributed by atoms with Gasteiger partial charge >= 0.3 is 0 Å². The third-order valence-corrected chi connectivity index (χ3v) is 2.44. The van der Waals surface area contributed by atoms with Gasteiger partial charge in [0.05, 0.1) is 11.4 Å². The van der Waals surface area contributed by atoms with Crippen LogP contribution < -0.4 is 11.5 Å². The molecule has 0 bridgehead atoms. The maximum atomic E-state index is 5.79. The van der Waals surface area contributed by atoms with Crippen LogP contribution in [-0.4, -0.2) is 0 Å². The Balaban J connectivity index is 3.03. The summed E-state index contributed by atoms with van der Waals surface area (Å²) in [5.41, 5.74) is 15.7. The van der Waals surface area contributed by atoms with Crippen molar-refractivity contribution < 1.29 is 0 Å². The molecule has 0 aromatic heterocycles. The number of benzene rings is 1. The fraction of sp³-hybridized carbons (Fsp3) is 0.500. The molecule has 1 aromatic rings. The lowest BCUT2D eigenvalue weighted by molar-refractivity contribution is 0.862. The Labute approximate surface area is 86.3 Å². The molecule has 0 spiro atoms. The van der Waals surface area contributed by atoms with Crippen LogP contribution >= 0.6 is 0 Å². The molecule has 0 atom stereocenters. The maximum absolute atomic E-state index is 5.79. The first-order chi connectivity index (χ1) is 6.69. The summed E-state index contributed by atoms with van der Waals surface area (Å²) in [5, 5.41) is 0. The second kappa shape index (κ2) is 4.89. The zero-order chi connectivity index (χ0) is 10.6. The molecule has 78 valence electrons. The number of anilines is 2. The molecule has 2 nitrogen and oxygen atoms in total. The smallest absolute Gasteiger partial charge is 0.0550 e. The molecule has 0 unspecified atom stereocenters. The summed E-state index contributed by atoms with van der Waals surface area (Å²) in [6.07, 6.45) is 4.50. The van der Waals surface area contributed by atoms with Crippen LogP contribution in [0, 0.1) is 0 Å². The topological polar surface area (TPSA) is 52.0 Å². The van der Waals surface area contributed by atoms with Gasteiger partial charge in [-0.05, 0) is 36.1 Å². The summed E-state index contributed by atoms with van der Waals surface area (Å²) in [4.78, 5) is 0. The number of hydrogen-bond acceptors (Lipinski definition) is 2. The van der Waals surface area contributed by atoms with Gasteiger partial charge in [-0.1, -0.05) is 26.7 Å². The Bertz CT molecular complexity index is 274. The average Bonchev–Trinajstić information content (AvgIpc) is 2.14. The van der Waals surface area contributed by atoms with Gasteiger partial charge in [0, 0.05) is 0 Å². The van der Waals surface area contributed by atoms with Crippen LogP contribution in [0.2, 0.25) is 0 Å². The number of aryl methyl sites for hydroxylation is 2. The summed E-state index contributed by atoms with van der Waals surface area (Å²) in [7, 11) is 0. The molecule has 4 N–H and O–H groups in total. The molecule has 2 heteroatoms. The molecule has 0 heterocycles. The highest BCUT2D eigenvalue weighted by atomic mass is 14.7. The minimum Gasteiger partial charge on any atom is -0.397 e. The van der Waals surface area contributed by atoms with E-state index in [4.69, 9.17) is 11.5 Å². The van der Waals surface area contributed by atoms with Gasteiger partial charge in [-0.3, -0.25) is 0 Å². The van der Waals surface area contributed by atoms with Gasteiger partial charge in [-0.25, -0.2) is 0 Å². The van der Waals surface area contributed by atoms with Crippen molar-refractivity contribution in [3.8, 4) is 0 Å². The van der Waals surface area contributed by atoms with E-state index in [1.54, 1.807) is 0 Å². The monoisotopic (exact) mass is 192 g/mol. The molecule has 0 aliphatic carbocycles. The number of rotatable bonds is 4. The molecule has 0 saturated heterocycles. The lowest BCUT2D eigenvalue weighted by Gasteiger charge is -2.11. The van der Waals surface area contributed by atoms with Crippen LogP contribution in [0.1, 0.15) is 37.8 Å². The van der Waals surface area contributed by atoms with Gasteiger partial charge in [0.2, 0.25) is 0 Å². The quantitative estimate of drug-likeness (QED) is 0.721. The highest BCUT2D eigenvalue weighted by Crippen LogP contribution is 2.23. The van der Waals surface area contributed by atoms with Crippen molar-refractivity contribution in [1.82, 2.24) is 0 Å². The molecule has 0 aliphatic rings.